The van der Waals surface area contributed by atoms with E-state index in [9.17, 15) is 4.39 Å². The van der Waals surface area contributed by atoms with Gasteiger partial charge in [-0.15, -0.1) is 0 Å². The van der Waals surface area contributed by atoms with Crippen LogP contribution in [0.1, 0.15) is 24.3 Å². The van der Waals surface area contributed by atoms with Crippen LogP contribution in [0.2, 0.25) is 0 Å². The Morgan fingerprint density at radius 2 is 1.95 bits per heavy atom. The van der Waals surface area contributed by atoms with Gasteiger partial charge in [-0.1, -0.05) is 18.2 Å². The number of hydrogen-bond acceptors (Lipinski definition) is 3. The molecule has 1 aliphatic carbocycles. The van der Waals surface area contributed by atoms with Gasteiger partial charge < -0.3 is 10.1 Å². The number of hydrogen-bond donors (Lipinski definition) is 1. The Balaban J connectivity index is 1.35. The third-order valence-corrected chi connectivity index (χ3v) is 4.45. The first-order valence-corrected chi connectivity index (χ1v) is 7.61. The highest BCUT2D eigenvalue weighted by Gasteiger charge is 2.31. The van der Waals surface area contributed by atoms with Crippen molar-refractivity contribution in [1.82, 2.24) is 10.2 Å². The lowest BCUT2D eigenvalue weighted by Crippen LogP contribution is -2.45. The average molecular weight is 278 g/mol. The Kier molecular flexibility index (Phi) is 4.65. The summed E-state index contributed by atoms with van der Waals surface area (Å²) < 4.78 is 19.0. The molecule has 20 heavy (non-hydrogen) atoms. The zero-order valence-electron chi connectivity index (χ0n) is 11.9. The molecule has 2 fully saturated rings. The minimum absolute atomic E-state index is 0.0516. The van der Waals surface area contributed by atoms with Crippen LogP contribution >= 0.6 is 0 Å². The van der Waals surface area contributed by atoms with E-state index < -0.39 is 0 Å². The Morgan fingerprint density at radius 3 is 2.70 bits per heavy atom. The molecule has 1 aromatic rings. The molecule has 1 saturated carbocycles. The van der Waals surface area contributed by atoms with Gasteiger partial charge >= 0.3 is 0 Å². The first-order chi connectivity index (χ1) is 9.83. The summed E-state index contributed by atoms with van der Waals surface area (Å²) in [7, 11) is 0. The third-order valence-electron chi connectivity index (χ3n) is 4.45. The second-order valence-electron chi connectivity index (χ2n) is 5.79. The molecule has 0 spiro atoms. The van der Waals surface area contributed by atoms with Crippen LogP contribution in [0.4, 0.5) is 4.39 Å². The molecule has 3 nitrogen and oxygen atoms in total. The first-order valence-electron chi connectivity index (χ1n) is 7.61. The van der Waals surface area contributed by atoms with Crippen molar-refractivity contribution in [2.45, 2.75) is 24.8 Å². The monoisotopic (exact) mass is 278 g/mol. The van der Waals surface area contributed by atoms with Gasteiger partial charge in [0, 0.05) is 32.2 Å². The van der Waals surface area contributed by atoms with Crippen LogP contribution in [0.3, 0.4) is 0 Å². The van der Waals surface area contributed by atoms with Gasteiger partial charge in [-0.25, -0.2) is 4.39 Å². The summed E-state index contributed by atoms with van der Waals surface area (Å²) in [5.74, 6) is 0.348. The minimum atomic E-state index is -0.0516. The van der Waals surface area contributed by atoms with E-state index in [-0.39, 0.29) is 5.82 Å². The second kappa shape index (κ2) is 6.66. The fraction of sp³-hybridized carbons (Fsp3) is 0.625. The van der Waals surface area contributed by atoms with Crippen LogP contribution in [0.5, 0.6) is 0 Å². The van der Waals surface area contributed by atoms with E-state index in [1.807, 2.05) is 12.1 Å². The number of morpholine rings is 1. The molecule has 4 heteroatoms. The summed E-state index contributed by atoms with van der Waals surface area (Å²) in [6.45, 7) is 5.92. The number of benzene rings is 1. The summed E-state index contributed by atoms with van der Waals surface area (Å²) in [5, 5.41) is 3.58. The summed E-state index contributed by atoms with van der Waals surface area (Å²) in [6, 6.07) is 7.73. The maximum Gasteiger partial charge on any atom is 0.126 e. The quantitative estimate of drug-likeness (QED) is 0.891. The highest BCUT2D eigenvalue weighted by Crippen LogP contribution is 2.37. The number of halogens is 1. The lowest BCUT2D eigenvalue weighted by Gasteiger charge is -2.37. The van der Waals surface area contributed by atoms with Gasteiger partial charge in [0.2, 0.25) is 0 Å². The van der Waals surface area contributed by atoms with Crippen molar-refractivity contribution in [3.05, 3.63) is 35.6 Å². The van der Waals surface area contributed by atoms with Gasteiger partial charge in [-0.05, 0) is 30.4 Å². The van der Waals surface area contributed by atoms with Crippen LogP contribution in [-0.2, 0) is 4.74 Å². The van der Waals surface area contributed by atoms with Crippen molar-refractivity contribution in [3.63, 3.8) is 0 Å². The van der Waals surface area contributed by atoms with E-state index >= 15 is 0 Å². The fourth-order valence-corrected chi connectivity index (χ4v) is 3.10. The maximum absolute atomic E-state index is 13.6. The molecule has 0 aromatic heterocycles. The Labute approximate surface area is 120 Å². The second-order valence-corrected chi connectivity index (χ2v) is 5.79. The molecule has 1 aliphatic heterocycles. The predicted molar refractivity (Wildman–Crippen MR) is 77.4 cm³/mol. The molecule has 1 N–H and O–H groups in total. The molecular formula is C16H23FN2O. The molecule has 0 unspecified atom stereocenters. The SMILES string of the molecule is Fc1ccccc1C1CC(NCCN2CCOCC2)C1. The minimum Gasteiger partial charge on any atom is -0.379 e. The van der Waals surface area contributed by atoms with Crippen molar-refractivity contribution in [1.29, 1.82) is 0 Å². The van der Waals surface area contributed by atoms with E-state index in [0.717, 1.165) is 57.8 Å². The lowest BCUT2D eigenvalue weighted by molar-refractivity contribution is 0.0376. The lowest BCUT2D eigenvalue weighted by atomic mass is 9.75. The molecule has 3 rings (SSSR count). The number of nitrogens with one attached hydrogen (secondary N) is 1. The van der Waals surface area contributed by atoms with Gasteiger partial charge in [0.05, 0.1) is 13.2 Å². The molecule has 1 heterocycles. The molecule has 1 aromatic carbocycles. The van der Waals surface area contributed by atoms with E-state index in [2.05, 4.69) is 10.2 Å². The predicted octanol–water partition coefficient (Wildman–Crippen LogP) is 1.99. The summed E-state index contributed by atoms with van der Waals surface area (Å²) in [4.78, 5) is 2.43. The molecule has 0 bridgehead atoms. The van der Waals surface area contributed by atoms with E-state index in [1.54, 1.807) is 12.1 Å². The van der Waals surface area contributed by atoms with Crippen LogP contribution < -0.4 is 5.32 Å². The van der Waals surface area contributed by atoms with Crippen molar-refractivity contribution in [2.24, 2.45) is 0 Å². The van der Waals surface area contributed by atoms with Crippen LogP contribution in [0.15, 0.2) is 24.3 Å². The molecular weight excluding hydrogens is 255 g/mol. The number of rotatable bonds is 5. The Hall–Kier alpha value is -0.970. The van der Waals surface area contributed by atoms with E-state index in [0.29, 0.717) is 12.0 Å². The van der Waals surface area contributed by atoms with Gasteiger partial charge in [0.1, 0.15) is 5.82 Å². The summed E-state index contributed by atoms with van der Waals surface area (Å²) in [6.07, 6.45) is 2.12. The molecule has 2 aliphatic rings. The first kappa shape index (κ1) is 14.0. The molecule has 0 amide bonds. The van der Waals surface area contributed by atoms with Gasteiger partial charge in [0.25, 0.3) is 0 Å². The van der Waals surface area contributed by atoms with Crippen LogP contribution in [0.25, 0.3) is 0 Å². The van der Waals surface area contributed by atoms with Crippen LogP contribution in [0, 0.1) is 5.82 Å². The topological polar surface area (TPSA) is 24.5 Å². The average Bonchev–Trinajstić information content (AvgIpc) is 2.44. The van der Waals surface area contributed by atoms with E-state index in [4.69, 9.17) is 4.74 Å². The highest BCUT2D eigenvalue weighted by molar-refractivity contribution is 5.24. The summed E-state index contributed by atoms with van der Waals surface area (Å²) in [5.41, 5.74) is 0.888. The fourth-order valence-electron chi connectivity index (χ4n) is 3.10. The zero-order chi connectivity index (χ0) is 13.8. The molecule has 1 saturated heterocycles. The molecule has 110 valence electrons. The van der Waals surface area contributed by atoms with Crippen LogP contribution in [-0.4, -0.2) is 50.3 Å². The smallest absolute Gasteiger partial charge is 0.126 e. The number of nitrogens with zero attached hydrogens (tertiary/aromatic N) is 1. The van der Waals surface area contributed by atoms with Crippen molar-refractivity contribution >= 4 is 0 Å². The largest absolute Gasteiger partial charge is 0.379 e. The molecule has 0 radical (unpaired) electrons. The van der Waals surface area contributed by atoms with Crippen molar-refractivity contribution in [2.75, 3.05) is 39.4 Å². The van der Waals surface area contributed by atoms with E-state index in [1.165, 1.54) is 0 Å². The zero-order valence-corrected chi connectivity index (χ0v) is 11.9. The maximum atomic E-state index is 13.6. The Morgan fingerprint density at radius 1 is 1.20 bits per heavy atom. The number of ether oxygens (including phenoxy) is 1. The van der Waals surface area contributed by atoms with Gasteiger partial charge in [0.15, 0.2) is 0 Å². The summed E-state index contributed by atoms with van der Waals surface area (Å²) >= 11 is 0. The standard InChI is InChI=1S/C16H23FN2O/c17-16-4-2-1-3-15(16)13-11-14(12-13)18-5-6-19-7-9-20-10-8-19/h1-4,13-14,18H,5-12H2. The Bertz CT molecular complexity index is 428. The van der Waals surface area contributed by atoms with Crippen molar-refractivity contribution < 1.29 is 9.13 Å². The van der Waals surface area contributed by atoms with Gasteiger partial charge in [-0.2, -0.15) is 0 Å². The highest BCUT2D eigenvalue weighted by atomic mass is 19.1. The normalized spacial score (nSPS) is 27.2. The van der Waals surface area contributed by atoms with Gasteiger partial charge in [-0.3, -0.25) is 4.90 Å². The third kappa shape index (κ3) is 3.37. The van der Waals surface area contributed by atoms with Crippen molar-refractivity contribution in [3.8, 4) is 0 Å². The molecule has 0 atom stereocenters.